The van der Waals surface area contributed by atoms with Crippen LogP contribution in [-0.2, 0) is 9.09 Å². The molecule has 0 aromatic carbocycles. The highest BCUT2D eigenvalue weighted by atomic mass is 31.2. The van der Waals surface area contributed by atoms with Gasteiger partial charge in [0.05, 0.1) is 24.0 Å². The van der Waals surface area contributed by atoms with Crippen LogP contribution in [0.25, 0.3) is 0 Å². The third kappa shape index (κ3) is 3.46. The Balaban J connectivity index is 6.18. The van der Waals surface area contributed by atoms with Gasteiger partial charge < -0.3 is 18.9 Å². The Kier molecular flexibility index (Phi) is 4.80. The van der Waals surface area contributed by atoms with Crippen LogP contribution in [0.5, 0.6) is 0 Å². The van der Waals surface area contributed by atoms with Gasteiger partial charge in [0, 0.05) is 0 Å². The standard InChI is InChI=1S/C8H20F3O4PSi2/c1-17(2,3)8(7(9,10)11,18(4,5)6)15-16(12,13)14/h1-6H3,(H2,12,13,14)/p-2. The summed E-state index contributed by atoms with van der Waals surface area (Å²) in [5, 5.41) is 0. The summed E-state index contributed by atoms with van der Waals surface area (Å²) in [7, 11) is -12.1. The molecule has 0 rings (SSSR count). The van der Waals surface area contributed by atoms with Crippen LogP contribution in [0.1, 0.15) is 0 Å². The van der Waals surface area contributed by atoms with E-state index >= 15 is 0 Å². The average Bonchev–Trinajstić information content (AvgIpc) is 1.90. The molecule has 0 bridgehead atoms. The first-order valence-corrected chi connectivity index (χ1v) is 13.7. The quantitative estimate of drug-likeness (QED) is 0.585. The van der Waals surface area contributed by atoms with Crippen molar-refractivity contribution in [2.45, 2.75) is 50.3 Å². The molecule has 0 aliphatic heterocycles. The normalized spacial score (nSPS) is 15.9. The van der Waals surface area contributed by atoms with Gasteiger partial charge in [-0.15, -0.1) is 0 Å². The number of phosphoric ester groups is 1. The zero-order valence-corrected chi connectivity index (χ0v) is 14.1. The van der Waals surface area contributed by atoms with Crippen LogP contribution in [-0.4, -0.2) is 27.2 Å². The molecule has 0 spiro atoms. The minimum atomic E-state index is -5.73. The molecule has 18 heavy (non-hydrogen) atoms. The van der Waals surface area contributed by atoms with Crippen LogP contribution >= 0.6 is 7.82 Å². The summed E-state index contributed by atoms with van der Waals surface area (Å²) in [6.45, 7) is 8.13. The second kappa shape index (κ2) is 4.71. The molecule has 0 radical (unpaired) electrons. The van der Waals surface area contributed by atoms with Gasteiger partial charge in [-0.25, -0.2) is 0 Å². The Morgan fingerprint density at radius 3 is 1.28 bits per heavy atom. The predicted molar refractivity (Wildman–Crippen MR) is 64.2 cm³/mol. The monoisotopic (exact) mass is 322 g/mol. The predicted octanol–water partition coefficient (Wildman–Crippen LogP) is 1.89. The highest BCUT2D eigenvalue weighted by molar-refractivity contribution is 7.43. The molecule has 0 saturated heterocycles. The molecule has 0 aliphatic carbocycles. The molecule has 0 amide bonds. The fourth-order valence-electron chi connectivity index (χ4n) is 2.47. The largest absolute Gasteiger partial charge is 0.790 e. The summed E-state index contributed by atoms with van der Waals surface area (Å²) in [5.74, 6) is 0. The van der Waals surface area contributed by atoms with Crippen molar-refractivity contribution in [2.24, 2.45) is 0 Å². The van der Waals surface area contributed by atoms with E-state index in [9.17, 15) is 27.5 Å². The molecule has 10 heteroatoms. The minimum absolute atomic E-state index is 1.36. The minimum Gasteiger partial charge on any atom is -0.790 e. The lowest BCUT2D eigenvalue weighted by Gasteiger charge is -2.55. The second-order valence-corrected chi connectivity index (χ2v) is 18.2. The third-order valence-electron chi connectivity index (χ3n) is 2.76. The topological polar surface area (TPSA) is 72.4 Å². The zero-order valence-electron chi connectivity index (χ0n) is 11.2. The van der Waals surface area contributed by atoms with E-state index in [0.29, 0.717) is 0 Å². The van der Waals surface area contributed by atoms with E-state index in [1.165, 1.54) is 39.3 Å². The first kappa shape index (κ1) is 18.3. The van der Waals surface area contributed by atoms with E-state index in [-0.39, 0.29) is 0 Å². The van der Waals surface area contributed by atoms with Crippen LogP contribution in [0, 0.1) is 0 Å². The molecule has 0 aromatic heterocycles. The van der Waals surface area contributed by atoms with E-state index < -0.39 is 35.0 Å². The summed E-state index contributed by atoms with van der Waals surface area (Å²) >= 11 is 0. The molecule has 0 aromatic rings. The lowest BCUT2D eigenvalue weighted by Crippen LogP contribution is -2.75. The summed E-state index contributed by atoms with van der Waals surface area (Å²) in [4.78, 5) is 18.7. The van der Waals surface area contributed by atoms with Crippen molar-refractivity contribution in [2.75, 3.05) is 0 Å². The molecule has 0 N–H and O–H groups in total. The number of alkyl halides is 3. The molecule has 4 nitrogen and oxygen atoms in total. The number of halogens is 3. The van der Waals surface area contributed by atoms with Crippen LogP contribution in [0.3, 0.4) is 0 Å². The molecule has 0 unspecified atom stereocenters. The van der Waals surface area contributed by atoms with Crippen molar-refractivity contribution in [1.29, 1.82) is 0 Å². The van der Waals surface area contributed by atoms with Gasteiger partial charge in [-0.2, -0.15) is 13.2 Å². The number of hydrogen-bond donors (Lipinski definition) is 0. The molecule has 0 fully saturated rings. The summed E-state index contributed by atoms with van der Waals surface area (Å²) in [6.07, 6.45) is -4.88. The number of phosphoric acid groups is 1. The van der Waals surface area contributed by atoms with E-state index in [0.717, 1.165) is 0 Å². The van der Waals surface area contributed by atoms with Gasteiger partial charge in [-0.1, -0.05) is 39.3 Å². The fraction of sp³-hybridized carbons (Fsp3) is 1.00. The Morgan fingerprint density at radius 2 is 1.22 bits per heavy atom. The van der Waals surface area contributed by atoms with Crippen molar-refractivity contribution in [3.63, 3.8) is 0 Å². The van der Waals surface area contributed by atoms with Gasteiger partial charge >= 0.3 is 6.18 Å². The smallest absolute Gasteiger partial charge is 0.411 e. The van der Waals surface area contributed by atoms with E-state index in [1.807, 2.05) is 0 Å². The van der Waals surface area contributed by atoms with Crippen LogP contribution in [0.15, 0.2) is 0 Å². The SMILES string of the molecule is C[Si](C)(C)C(OP(=O)([O-])[O-])(C(F)(F)F)[Si](C)(C)C. The molecular weight excluding hydrogens is 304 g/mol. The fourth-order valence-corrected chi connectivity index (χ4v) is 16.5. The van der Waals surface area contributed by atoms with Gasteiger partial charge in [-0.3, -0.25) is 0 Å². The molecule has 0 heterocycles. The van der Waals surface area contributed by atoms with Crippen molar-refractivity contribution in [1.82, 2.24) is 0 Å². The van der Waals surface area contributed by atoms with Gasteiger partial charge in [0.15, 0.2) is 0 Å². The highest BCUT2D eigenvalue weighted by Crippen LogP contribution is 2.52. The Bertz CT molecular complexity index is 317. The van der Waals surface area contributed by atoms with E-state index in [1.54, 1.807) is 0 Å². The Labute approximate surface area is 107 Å². The number of rotatable bonds is 4. The lowest BCUT2D eigenvalue weighted by atomic mass is 10.7. The molecular formula is C8H18F3O4PSi2-2. The number of hydrogen-bond acceptors (Lipinski definition) is 4. The first-order valence-electron chi connectivity index (χ1n) is 5.25. The van der Waals surface area contributed by atoms with Gasteiger partial charge in [0.1, 0.15) is 4.85 Å². The Morgan fingerprint density at radius 1 is 0.944 bits per heavy atom. The van der Waals surface area contributed by atoms with Crippen molar-refractivity contribution in [3.8, 4) is 0 Å². The van der Waals surface area contributed by atoms with Gasteiger partial charge in [0.2, 0.25) is 0 Å². The summed E-state index contributed by atoms with van der Waals surface area (Å²) in [5.41, 5.74) is 0. The molecule has 0 aliphatic rings. The van der Waals surface area contributed by atoms with Crippen LogP contribution in [0.4, 0.5) is 13.2 Å². The molecule has 0 saturated carbocycles. The average molecular weight is 322 g/mol. The summed E-state index contributed by atoms with van der Waals surface area (Å²) in [6, 6.07) is 0. The van der Waals surface area contributed by atoms with Crippen LogP contribution in [0.2, 0.25) is 39.3 Å². The zero-order chi connectivity index (χ0) is 15.2. The highest BCUT2D eigenvalue weighted by Gasteiger charge is 2.70. The summed E-state index contributed by atoms with van der Waals surface area (Å²) < 4.78 is 55.3. The molecule has 110 valence electrons. The van der Waals surface area contributed by atoms with Crippen LogP contribution < -0.4 is 9.79 Å². The van der Waals surface area contributed by atoms with Crippen molar-refractivity contribution in [3.05, 3.63) is 0 Å². The lowest BCUT2D eigenvalue weighted by molar-refractivity contribution is -0.354. The maximum atomic E-state index is 13.4. The Hall–Kier alpha value is 0.334. The molecule has 0 atom stereocenters. The van der Waals surface area contributed by atoms with Crippen molar-refractivity contribution < 1.29 is 32.0 Å². The van der Waals surface area contributed by atoms with E-state index in [2.05, 4.69) is 4.52 Å². The van der Waals surface area contributed by atoms with Gasteiger partial charge in [-0.05, 0) is 0 Å². The first-order chi connectivity index (χ1) is 7.46. The van der Waals surface area contributed by atoms with E-state index in [4.69, 9.17) is 0 Å². The van der Waals surface area contributed by atoms with Crippen molar-refractivity contribution >= 4 is 24.0 Å². The maximum Gasteiger partial charge on any atom is 0.411 e. The maximum absolute atomic E-state index is 13.4. The third-order valence-corrected chi connectivity index (χ3v) is 13.1. The van der Waals surface area contributed by atoms with Gasteiger partial charge in [0.25, 0.3) is 0 Å². The second-order valence-electron chi connectivity index (χ2n) is 6.22.